The Hall–Kier alpha value is -1.52. The molecule has 0 heterocycles. The summed E-state index contributed by atoms with van der Waals surface area (Å²) in [4.78, 5) is 22.5. The third kappa shape index (κ3) is 7.49. The summed E-state index contributed by atoms with van der Waals surface area (Å²) in [6, 6.07) is -0.927. The number of rotatable bonds is 8. The van der Waals surface area contributed by atoms with E-state index >= 15 is 0 Å². The van der Waals surface area contributed by atoms with Crippen LogP contribution in [-0.2, 0) is 9.53 Å². The lowest BCUT2D eigenvalue weighted by molar-refractivity contribution is -0.140. The maximum atomic E-state index is 11.6. The van der Waals surface area contributed by atoms with Gasteiger partial charge in [-0.15, -0.1) is 6.58 Å². The molecule has 0 bridgehead atoms. The highest BCUT2D eigenvalue weighted by atomic mass is 16.5. The zero-order valence-corrected chi connectivity index (χ0v) is 12.2. The average molecular weight is 271 g/mol. The van der Waals surface area contributed by atoms with E-state index in [4.69, 9.17) is 9.84 Å². The van der Waals surface area contributed by atoms with Crippen molar-refractivity contribution in [3.05, 3.63) is 12.7 Å². The van der Waals surface area contributed by atoms with Gasteiger partial charge in [0, 0.05) is 0 Å². The Morgan fingerprint density at radius 2 is 2.00 bits per heavy atom. The second-order valence-electron chi connectivity index (χ2n) is 5.77. The van der Waals surface area contributed by atoms with Gasteiger partial charge in [0.05, 0.1) is 6.61 Å². The first kappa shape index (κ1) is 17.5. The molecule has 0 aromatic carbocycles. The number of allylic oxidation sites excluding steroid dienone is 1. The van der Waals surface area contributed by atoms with Crippen molar-refractivity contribution in [3.8, 4) is 0 Å². The Morgan fingerprint density at radius 3 is 2.42 bits per heavy atom. The van der Waals surface area contributed by atoms with Gasteiger partial charge in [-0.2, -0.15) is 0 Å². The van der Waals surface area contributed by atoms with E-state index in [2.05, 4.69) is 11.9 Å². The van der Waals surface area contributed by atoms with Crippen molar-refractivity contribution in [3.63, 3.8) is 0 Å². The summed E-state index contributed by atoms with van der Waals surface area (Å²) in [5.41, 5.74) is -0.151. The van der Waals surface area contributed by atoms with Crippen LogP contribution in [0.5, 0.6) is 0 Å². The van der Waals surface area contributed by atoms with Gasteiger partial charge in [-0.1, -0.05) is 33.8 Å². The molecule has 19 heavy (non-hydrogen) atoms. The predicted molar refractivity (Wildman–Crippen MR) is 74.0 cm³/mol. The first-order valence-electron chi connectivity index (χ1n) is 6.46. The normalized spacial score (nSPS) is 12.9. The molecule has 0 saturated carbocycles. The fourth-order valence-corrected chi connectivity index (χ4v) is 1.51. The standard InChI is InChI=1S/C14H25NO4/c1-6-7-8-14(4,5)9-19-13(18)15-11(10(2)3)12(16)17/h6,10-11H,1,7-9H2,2-5H3,(H,15,18)(H,16,17). The maximum Gasteiger partial charge on any atom is 0.407 e. The minimum Gasteiger partial charge on any atom is -0.480 e. The zero-order chi connectivity index (χ0) is 15.1. The Balaban J connectivity index is 4.24. The third-order valence-electron chi connectivity index (χ3n) is 2.83. The molecule has 1 atom stereocenters. The van der Waals surface area contributed by atoms with E-state index < -0.39 is 18.1 Å². The summed E-state index contributed by atoms with van der Waals surface area (Å²) in [6.07, 6.45) is 2.84. The highest BCUT2D eigenvalue weighted by Crippen LogP contribution is 2.22. The molecule has 2 N–H and O–H groups in total. The van der Waals surface area contributed by atoms with Gasteiger partial charge in [0.1, 0.15) is 6.04 Å². The number of carboxylic acid groups (broad SMARTS) is 1. The van der Waals surface area contributed by atoms with Gasteiger partial charge < -0.3 is 15.2 Å². The van der Waals surface area contributed by atoms with Crippen molar-refractivity contribution in [2.75, 3.05) is 6.61 Å². The lowest BCUT2D eigenvalue weighted by Gasteiger charge is -2.24. The topological polar surface area (TPSA) is 75.6 Å². The highest BCUT2D eigenvalue weighted by molar-refractivity contribution is 5.80. The summed E-state index contributed by atoms with van der Waals surface area (Å²) in [6.45, 7) is 11.3. The number of hydrogen-bond acceptors (Lipinski definition) is 3. The average Bonchev–Trinajstić information content (AvgIpc) is 2.30. The molecule has 0 aromatic rings. The molecule has 0 aromatic heterocycles. The molecule has 110 valence electrons. The molecular formula is C14H25NO4. The van der Waals surface area contributed by atoms with Gasteiger partial charge in [-0.05, 0) is 24.2 Å². The smallest absolute Gasteiger partial charge is 0.407 e. The van der Waals surface area contributed by atoms with Crippen LogP contribution in [0.2, 0.25) is 0 Å². The van der Waals surface area contributed by atoms with E-state index in [1.54, 1.807) is 13.8 Å². The third-order valence-corrected chi connectivity index (χ3v) is 2.83. The number of amides is 1. The van der Waals surface area contributed by atoms with Crippen molar-refractivity contribution in [1.82, 2.24) is 5.32 Å². The van der Waals surface area contributed by atoms with Gasteiger partial charge in [-0.3, -0.25) is 0 Å². The van der Waals surface area contributed by atoms with Crippen LogP contribution in [0.3, 0.4) is 0 Å². The lowest BCUT2D eigenvalue weighted by Crippen LogP contribution is -2.45. The Labute approximate surface area is 115 Å². The minimum atomic E-state index is -1.06. The quantitative estimate of drug-likeness (QED) is 0.666. The van der Waals surface area contributed by atoms with E-state index in [9.17, 15) is 9.59 Å². The molecule has 0 rings (SSSR count). The van der Waals surface area contributed by atoms with Crippen LogP contribution in [0.1, 0.15) is 40.5 Å². The minimum absolute atomic E-state index is 0.151. The Kier molecular flexibility index (Phi) is 7.19. The van der Waals surface area contributed by atoms with Gasteiger partial charge in [0.25, 0.3) is 0 Å². The van der Waals surface area contributed by atoms with Crippen LogP contribution in [0.4, 0.5) is 4.79 Å². The Bertz CT molecular complexity index is 323. The van der Waals surface area contributed by atoms with Crippen molar-refractivity contribution in [1.29, 1.82) is 0 Å². The van der Waals surface area contributed by atoms with Crippen LogP contribution in [0.25, 0.3) is 0 Å². The van der Waals surface area contributed by atoms with Crippen LogP contribution in [0, 0.1) is 11.3 Å². The van der Waals surface area contributed by atoms with Gasteiger partial charge in [0.15, 0.2) is 0 Å². The molecule has 5 heteroatoms. The van der Waals surface area contributed by atoms with Crippen molar-refractivity contribution in [2.24, 2.45) is 11.3 Å². The van der Waals surface area contributed by atoms with E-state index in [0.717, 1.165) is 12.8 Å². The fourth-order valence-electron chi connectivity index (χ4n) is 1.51. The van der Waals surface area contributed by atoms with Crippen LogP contribution >= 0.6 is 0 Å². The summed E-state index contributed by atoms with van der Waals surface area (Å²) in [5.74, 6) is -1.25. The molecule has 1 amide bonds. The number of carbonyl (C=O) groups excluding carboxylic acids is 1. The molecule has 0 aliphatic rings. The molecule has 0 spiro atoms. The first-order valence-corrected chi connectivity index (χ1v) is 6.46. The lowest BCUT2D eigenvalue weighted by atomic mass is 9.89. The maximum absolute atomic E-state index is 11.6. The summed E-state index contributed by atoms with van der Waals surface area (Å²) < 4.78 is 5.09. The number of ether oxygens (including phenoxy) is 1. The molecule has 0 radical (unpaired) electrons. The summed E-state index contributed by atoms with van der Waals surface area (Å²) >= 11 is 0. The molecular weight excluding hydrogens is 246 g/mol. The largest absolute Gasteiger partial charge is 0.480 e. The molecule has 1 unspecified atom stereocenters. The second kappa shape index (κ2) is 7.81. The number of nitrogens with one attached hydrogen (secondary N) is 1. The number of alkyl carbamates (subject to hydrolysis) is 1. The van der Waals surface area contributed by atoms with E-state index in [-0.39, 0.29) is 17.9 Å². The SMILES string of the molecule is C=CCCC(C)(C)COC(=O)NC(C(=O)O)C(C)C. The van der Waals surface area contributed by atoms with Gasteiger partial charge in [0.2, 0.25) is 0 Å². The van der Waals surface area contributed by atoms with Gasteiger partial charge >= 0.3 is 12.1 Å². The molecule has 0 aliphatic heterocycles. The number of carbonyl (C=O) groups is 2. The molecule has 0 fully saturated rings. The monoisotopic (exact) mass is 271 g/mol. The van der Waals surface area contributed by atoms with Crippen LogP contribution in [-0.4, -0.2) is 29.8 Å². The molecule has 0 aliphatic carbocycles. The number of aliphatic carboxylic acids is 1. The first-order chi connectivity index (χ1) is 8.69. The van der Waals surface area contributed by atoms with Crippen molar-refractivity contribution >= 4 is 12.1 Å². The summed E-state index contributed by atoms with van der Waals surface area (Å²) in [7, 11) is 0. The van der Waals surface area contributed by atoms with E-state index in [1.807, 2.05) is 19.9 Å². The van der Waals surface area contributed by atoms with Gasteiger partial charge in [-0.25, -0.2) is 9.59 Å². The number of hydrogen-bond donors (Lipinski definition) is 2. The molecule has 0 saturated heterocycles. The van der Waals surface area contributed by atoms with Crippen LogP contribution in [0.15, 0.2) is 12.7 Å². The molecule has 5 nitrogen and oxygen atoms in total. The number of carboxylic acids is 1. The van der Waals surface area contributed by atoms with Crippen LogP contribution < -0.4 is 5.32 Å². The van der Waals surface area contributed by atoms with Crippen molar-refractivity contribution < 1.29 is 19.4 Å². The predicted octanol–water partition coefficient (Wildman–Crippen LogP) is 2.81. The fraction of sp³-hybridized carbons (Fsp3) is 0.714. The Morgan fingerprint density at radius 1 is 1.42 bits per heavy atom. The zero-order valence-electron chi connectivity index (χ0n) is 12.2. The van der Waals surface area contributed by atoms with E-state index in [1.165, 1.54) is 0 Å². The second-order valence-corrected chi connectivity index (χ2v) is 5.77. The van der Waals surface area contributed by atoms with Crippen molar-refractivity contribution in [2.45, 2.75) is 46.6 Å². The highest BCUT2D eigenvalue weighted by Gasteiger charge is 2.25. The summed E-state index contributed by atoms with van der Waals surface area (Å²) in [5, 5.41) is 11.3. The van der Waals surface area contributed by atoms with E-state index in [0.29, 0.717) is 0 Å².